The highest BCUT2D eigenvalue weighted by Gasteiger charge is 2.36. The summed E-state index contributed by atoms with van der Waals surface area (Å²) in [4.78, 5) is 4.52. The van der Waals surface area contributed by atoms with Crippen molar-refractivity contribution >= 4 is 27.3 Å². The maximum atomic E-state index is 12.8. The lowest BCUT2D eigenvalue weighted by Crippen LogP contribution is -2.08. The monoisotopic (exact) mass is 407 g/mol. The molecule has 1 aliphatic rings. The van der Waals surface area contributed by atoms with Crippen LogP contribution in [0.5, 0.6) is 5.75 Å². The molecule has 3 aromatic rings. The fourth-order valence-corrected chi connectivity index (χ4v) is 3.62. The molecule has 1 aromatic carbocycles. The molecule has 1 N–H and O–H groups in total. The Morgan fingerprint density at radius 3 is 2.84 bits per heavy atom. The molecule has 1 atom stereocenters. The van der Waals surface area contributed by atoms with E-state index in [4.69, 9.17) is 0 Å². The van der Waals surface area contributed by atoms with Crippen LogP contribution >= 0.6 is 15.9 Å². The van der Waals surface area contributed by atoms with E-state index >= 15 is 0 Å². The molecule has 8 heteroatoms. The molecule has 128 valence electrons. The minimum absolute atomic E-state index is 0.109. The van der Waals surface area contributed by atoms with Gasteiger partial charge in [0.15, 0.2) is 0 Å². The number of rotatable bonds is 3. The van der Waals surface area contributed by atoms with Gasteiger partial charge >= 0.3 is 6.61 Å². The number of aromatic nitrogens is 2. The van der Waals surface area contributed by atoms with Gasteiger partial charge in [-0.2, -0.15) is 8.78 Å². The quantitative estimate of drug-likeness (QED) is 0.516. The van der Waals surface area contributed by atoms with Crippen LogP contribution < -0.4 is 4.74 Å². The van der Waals surface area contributed by atoms with E-state index in [9.17, 15) is 14.0 Å². The van der Waals surface area contributed by atoms with Gasteiger partial charge in [-0.05, 0) is 34.1 Å². The lowest BCUT2D eigenvalue weighted by atomic mass is 9.95. The van der Waals surface area contributed by atoms with E-state index in [1.54, 1.807) is 18.2 Å². The van der Waals surface area contributed by atoms with Gasteiger partial charge in [-0.3, -0.25) is 0 Å². The van der Waals surface area contributed by atoms with Gasteiger partial charge in [0.05, 0.1) is 5.69 Å². The molecule has 25 heavy (non-hydrogen) atoms. The van der Waals surface area contributed by atoms with Crippen molar-refractivity contribution in [1.82, 2.24) is 9.38 Å². The third-order valence-electron chi connectivity index (χ3n) is 4.25. The van der Waals surface area contributed by atoms with Crippen molar-refractivity contribution in [2.75, 3.05) is 0 Å². The third kappa shape index (κ3) is 2.66. The van der Waals surface area contributed by atoms with Gasteiger partial charge in [-0.25, -0.2) is 4.98 Å². The number of imidazole rings is 1. The van der Waals surface area contributed by atoms with Crippen molar-refractivity contribution in [2.24, 2.45) is 5.16 Å². The molecule has 0 saturated heterocycles. The standard InChI is InChI=1S/C17H12BrF2N3O2/c18-9-5-6-14-21-15-12(22-24)7-11(16(15)23(14)8-9)10-3-1-2-4-13(10)25-17(19)20/h1-6,8,11,17,24H,7H2/b22-12+. The molecule has 0 saturated carbocycles. The number of oxime groups is 1. The number of halogens is 3. The Hall–Kier alpha value is -2.48. The smallest absolute Gasteiger partial charge is 0.387 e. The van der Waals surface area contributed by atoms with Crippen LogP contribution in [0.3, 0.4) is 0 Å². The van der Waals surface area contributed by atoms with Crippen LogP contribution in [0.1, 0.15) is 29.3 Å². The number of fused-ring (bicyclic) bond motifs is 3. The Balaban J connectivity index is 1.93. The van der Waals surface area contributed by atoms with Crippen LogP contribution in [0.15, 0.2) is 52.2 Å². The maximum absolute atomic E-state index is 12.8. The number of para-hydroxylation sites is 1. The van der Waals surface area contributed by atoms with Crippen molar-refractivity contribution in [3.8, 4) is 5.75 Å². The second-order valence-electron chi connectivity index (χ2n) is 5.64. The Labute approximate surface area is 149 Å². The summed E-state index contributed by atoms with van der Waals surface area (Å²) in [5.74, 6) is -0.197. The fraction of sp³-hybridized carbons (Fsp3) is 0.176. The summed E-state index contributed by atoms with van der Waals surface area (Å²) >= 11 is 3.43. The Kier molecular flexibility index (Phi) is 3.91. The summed E-state index contributed by atoms with van der Waals surface area (Å²) in [7, 11) is 0. The highest BCUT2D eigenvalue weighted by Crippen LogP contribution is 2.42. The molecule has 4 rings (SSSR count). The Morgan fingerprint density at radius 2 is 2.08 bits per heavy atom. The maximum Gasteiger partial charge on any atom is 0.387 e. The van der Waals surface area contributed by atoms with Crippen LogP contribution in [-0.4, -0.2) is 26.9 Å². The summed E-state index contributed by atoms with van der Waals surface area (Å²) in [5.41, 5.74) is 3.06. The van der Waals surface area contributed by atoms with Crippen molar-refractivity contribution in [3.05, 3.63) is 64.0 Å². The molecule has 2 aromatic heterocycles. The van der Waals surface area contributed by atoms with Crippen LogP contribution in [0.4, 0.5) is 8.78 Å². The first kappa shape index (κ1) is 16.0. The van der Waals surface area contributed by atoms with Crippen molar-refractivity contribution in [3.63, 3.8) is 0 Å². The number of hydrogen-bond acceptors (Lipinski definition) is 4. The van der Waals surface area contributed by atoms with E-state index in [2.05, 4.69) is 30.8 Å². The lowest BCUT2D eigenvalue weighted by molar-refractivity contribution is -0.0505. The summed E-state index contributed by atoms with van der Waals surface area (Å²) in [6, 6.07) is 10.3. The minimum Gasteiger partial charge on any atom is -0.435 e. The topological polar surface area (TPSA) is 59.1 Å². The molecular weight excluding hydrogens is 396 g/mol. The highest BCUT2D eigenvalue weighted by molar-refractivity contribution is 9.10. The Bertz CT molecular complexity index is 987. The zero-order chi connectivity index (χ0) is 17.6. The second-order valence-corrected chi connectivity index (χ2v) is 6.56. The molecule has 2 heterocycles. The minimum atomic E-state index is -2.91. The zero-order valence-electron chi connectivity index (χ0n) is 12.7. The predicted octanol–water partition coefficient (Wildman–Crippen LogP) is 4.41. The number of ether oxygens (including phenoxy) is 1. The Morgan fingerprint density at radius 1 is 1.28 bits per heavy atom. The van der Waals surface area contributed by atoms with Gasteiger partial charge in [-0.1, -0.05) is 23.4 Å². The lowest BCUT2D eigenvalue weighted by Gasteiger charge is -2.16. The first-order chi connectivity index (χ1) is 12.1. The molecule has 0 radical (unpaired) electrons. The largest absolute Gasteiger partial charge is 0.435 e. The molecule has 0 bridgehead atoms. The fourth-order valence-electron chi connectivity index (χ4n) is 3.29. The van der Waals surface area contributed by atoms with E-state index in [0.717, 1.165) is 10.2 Å². The summed E-state index contributed by atoms with van der Waals surface area (Å²) in [6.45, 7) is -2.91. The second kappa shape index (κ2) is 6.11. The normalized spacial score (nSPS) is 18.2. The molecule has 1 aliphatic carbocycles. The molecule has 0 spiro atoms. The van der Waals surface area contributed by atoms with Gasteiger partial charge in [-0.15, -0.1) is 0 Å². The molecule has 0 aliphatic heterocycles. The van der Waals surface area contributed by atoms with Crippen LogP contribution in [0.2, 0.25) is 0 Å². The average molecular weight is 408 g/mol. The first-order valence-electron chi connectivity index (χ1n) is 7.51. The summed E-state index contributed by atoms with van der Waals surface area (Å²) < 4.78 is 32.9. The van der Waals surface area contributed by atoms with E-state index in [1.165, 1.54) is 6.07 Å². The van der Waals surface area contributed by atoms with E-state index in [1.807, 2.05) is 22.7 Å². The van der Waals surface area contributed by atoms with Gasteiger partial charge < -0.3 is 14.3 Å². The number of pyridine rings is 1. The van der Waals surface area contributed by atoms with Gasteiger partial charge in [0.2, 0.25) is 0 Å². The summed E-state index contributed by atoms with van der Waals surface area (Å²) in [6.07, 6.45) is 2.21. The van der Waals surface area contributed by atoms with Crippen molar-refractivity contribution < 1.29 is 18.7 Å². The van der Waals surface area contributed by atoms with E-state index in [-0.39, 0.29) is 11.7 Å². The average Bonchev–Trinajstić information content (AvgIpc) is 3.12. The molecule has 0 fully saturated rings. The number of benzene rings is 1. The SMILES string of the molecule is O/N=C1\CC(c2ccccc2OC(F)F)c2c1nc1ccc(Br)cn21. The molecule has 0 amide bonds. The predicted molar refractivity (Wildman–Crippen MR) is 90.7 cm³/mol. The zero-order valence-corrected chi connectivity index (χ0v) is 14.3. The van der Waals surface area contributed by atoms with Crippen LogP contribution in [0, 0.1) is 0 Å². The highest BCUT2D eigenvalue weighted by atomic mass is 79.9. The first-order valence-corrected chi connectivity index (χ1v) is 8.30. The van der Waals surface area contributed by atoms with E-state index < -0.39 is 6.61 Å². The van der Waals surface area contributed by atoms with Gasteiger partial charge in [0.1, 0.15) is 22.8 Å². The molecule has 5 nitrogen and oxygen atoms in total. The van der Waals surface area contributed by atoms with Gasteiger partial charge in [0.25, 0.3) is 0 Å². The van der Waals surface area contributed by atoms with Gasteiger partial charge in [0, 0.05) is 28.6 Å². The number of nitrogens with zero attached hydrogens (tertiary/aromatic N) is 3. The molecule has 1 unspecified atom stereocenters. The van der Waals surface area contributed by atoms with Crippen LogP contribution in [0.25, 0.3) is 5.65 Å². The number of alkyl halides is 2. The molecular formula is C17H12BrF2N3O2. The van der Waals surface area contributed by atoms with E-state index in [0.29, 0.717) is 29.0 Å². The van der Waals surface area contributed by atoms with Crippen LogP contribution in [-0.2, 0) is 0 Å². The van der Waals surface area contributed by atoms with Crippen molar-refractivity contribution in [2.45, 2.75) is 19.0 Å². The third-order valence-corrected chi connectivity index (χ3v) is 4.72. The van der Waals surface area contributed by atoms with Crippen molar-refractivity contribution in [1.29, 1.82) is 0 Å². The summed E-state index contributed by atoms with van der Waals surface area (Å²) in [5, 5.41) is 12.7. The number of hydrogen-bond donors (Lipinski definition) is 1.